The van der Waals surface area contributed by atoms with E-state index in [1.165, 1.54) is 38.1 Å². The number of rotatable bonds is 24. The number of phenolic OH excluding ortho intramolecular Hbond substituents is 3. The fraction of sp³-hybridized carbons (Fsp3) is 0.500. The molecule has 2 saturated heterocycles. The maximum absolute atomic E-state index is 16.2. The van der Waals surface area contributed by atoms with Gasteiger partial charge in [0, 0.05) is 54.4 Å². The molecule has 0 radical (unpaired) electrons. The molecule has 34 nitrogen and oxygen atoms in total. The largest absolute Gasteiger partial charge is 0.508 e. The van der Waals surface area contributed by atoms with Gasteiger partial charge in [-0.15, -0.1) is 0 Å². The highest BCUT2D eigenvalue weighted by Gasteiger charge is 2.52. The molecular weight excluding hydrogens is 1510 g/mol. The molecule has 0 unspecified atom stereocenters. The molecule has 12 rings (SSSR count). The maximum Gasteiger partial charge on any atom is 0.330 e. The Labute approximate surface area is 654 Å². The second-order valence-corrected chi connectivity index (χ2v) is 29.9. The molecule has 22 N–H and O–H groups in total. The predicted octanol–water partition coefficient (Wildman–Crippen LogP) is 2.65. The van der Waals surface area contributed by atoms with Crippen molar-refractivity contribution in [3.63, 3.8) is 0 Å². The van der Waals surface area contributed by atoms with Crippen LogP contribution in [0, 0.1) is 5.92 Å². The number of hydrogen-bond acceptors (Lipinski definition) is 26. The number of amides is 7. The summed E-state index contributed by atoms with van der Waals surface area (Å²) < 4.78 is 39.6. The summed E-state index contributed by atoms with van der Waals surface area (Å²) in [6.07, 6.45) is -10.8. The zero-order valence-corrected chi connectivity index (χ0v) is 63.8. The first-order valence-corrected chi connectivity index (χ1v) is 37.7. The molecule has 7 aliphatic heterocycles. The van der Waals surface area contributed by atoms with E-state index >= 15 is 14.4 Å². The summed E-state index contributed by atoms with van der Waals surface area (Å²) in [5.74, 6) is -15.6. The smallest absolute Gasteiger partial charge is 0.330 e. The number of halogens is 2. The number of aromatic hydroxyl groups is 3. The van der Waals surface area contributed by atoms with Crippen LogP contribution >= 0.6 is 23.2 Å². The van der Waals surface area contributed by atoms with Gasteiger partial charge in [0.05, 0.1) is 34.7 Å². The van der Waals surface area contributed by atoms with Crippen molar-refractivity contribution < 1.29 is 113 Å². The molecule has 112 heavy (non-hydrogen) atoms. The van der Waals surface area contributed by atoms with E-state index in [9.17, 15) is 69.9 Å². The number of aliphatic hydroxyl groups is 5. The zero-order valence-electron chi connectivity index (χ0n) is 62.2. The molecule has 18 atom stereocenters. The van der Waals surface area contributed by atoms with Gasteiger partial charge < -0.3 is 134 Å². The molecule has 36 heteroatoms. The Balaban J connectivity index is 1.18. The van der Waals surface area contributed by atoms with E-state index in [0.717, 1.165) is 92.9 Å². The topological polar surface area (TPSA) is 534 Å². The minimum absolute atomic E-state index is 0.0827. The lowest BCUT2D eigenvalue weighted by atomic mass is 9.85. The third kappa shape index (κ3) is 19.7. The number of likely N-dealkylation sites (N-methyl/N-ethyl adjacent to an activating group) is 1. The molecule has 0 aliphatic carbocycles. The SMILES string of the molecule is CCCCCCCCNCCN[C@@]1(C)C[C@H](O[C@H]2[C@H](Oc3c4cc5cc3Oc3ccc(cc3Cl)[C@@H](O)[C@@H](NC(=O)[C@@H](CC(C)C)NC)C(=O)N[C@@H](CC(N)=O)C(=O)N[C@H]5C(=O)N[C@H]3C(=O)N[C@H](C(=O)N[C@H](C(=O)O)c5cc(O)cc(O)c5-c5cc3ccc5O)[C@H](O)c3ccc(c(Cl)c3)O4)O[C@H](CN)[C@@H](O)[C@@H]2O)O[C@@H](C)[C@H]1O. The minimum atomic E-state index is -2.33. The normalized spacial score (nSPS) is 27.7. The number of unbranched alkanes of at least 4 members (excludes halogenated alkanes) is 5. The standard InChI is InChI=1S/C76H97Cl2N11O23/c1-7-8-9-10-11-12-19-82-20-21-83-76(5)31-54(107-34(4)67(76)98)111-66-64(97)63(96)52(32-79)110-75(66)112-65-50-26-38-27-51(65)109-49-18-15-37(25-43(49)78)62(95)60-73(104)87-58(74(105)106)41-28-39(90)29-47(92)55(41)40-23-35(13-16-46(40)91)56(70(101)89-60)86-71(102)57(38)85-69(100)45(30-53(80)93)84-72(103)59(88-68(99)44(81-6)22-33(2)3)61(94)36-14-17-48(108-50)42(77)24-36/h13-18,23-29,33-34,44-45,52,54,56-64,66-67,75,81-83,90-92,94-98H,7-12,19-22,30-32,79H2,1-6H3,(H2,80,93)(H,84,103)(H,85,100)(H,86,102)(H,87,104)(H,88,99)(H,89,101)(H,105,106)/t34-,44+,45-,52+,54-,56+,57+,58-,59+,60-,61+,62+,63+,64-,66+,67+,75-,76-/m0/s1. The number of aliphatic hydroxyl groups excluding tert-OH is 5. The average molecular weight is 1600 g/mol. The highest BCUT2D eigenvalue weighted by molar-refractivity contribution is 6.32. The first-order chi connectivity index (χ1) is 53.2. The lowest BCUT2D eigenvalue weighted by molar-refractivity contribution is -0.331. The molecule has 0 aromatic heterocycles. The van der Waals surface area contributed by atoms with Gasteiger partial charge in [-0.05, 0) is 123 Å². The Morgan fingerprint density at radius 2 is 1.31 bits per heavy atom. The Morgan fingerprint density at radius 1 is 0.688 bits per heavy atom. The quantitative estimate of drug-likeness (QED) is 0.0395. The molecule has 5 aromatic rings. The Hall–Kier alpha value is -9.24. The second-order valence-electron chi connectivity index (χ2n) is 29.1. The van der Waals surface area contributed by atoms with Crippen molar-refractivity contribution in [2.45, 2.75) is 202 Å². The third-order valence-electron chi connectivity index (χ3n) is 20.3. The summed E-state index contributed by atoms with van der Waals surface area (Å²) >= 11 is 14.3. The van der Waals surface area contributed by atoms with Crippen molar-refractivity contribution in [1.29, 1.82) is 0 Å². The number of primary amides is 1. The van der Waals surface area contributed by atoms with Gasteiger partial charge in [0.15, 0.2) is 29.9 Å². The van der Waals surface area contributed by atoms with Gasteiger partial charge in [0.2, 0.25) is 53.4 Å². The molecule has 0 saturated carbocycles. The summed E-state index contributed by atoms with van der Waals surface area (Å²) in [6.45, 7) is 10.4. The zero-order chi connectivity index (χ0) is 81.3. The van der Waals surface area contributed by atoms with Crippen LogP contribution in [-0.2, 0) is 52.6 Å². The summed E-state index contributed by atoms with van der Waals surface area (Å²) in [5, 5.41) is 129. The van der Waals surface area contributed by atoms with Gasteiger partial charge in [0.1, 0.15) is 89.5 Å². The number of nitrogens with two attached hydrogens (primary N) is 2. The number of hydrogen-bond donors (Lipinski definition) is 20. The summed E-state index contributed by atoms with van der Waals surface area (Å²) in [7, 11) is 1.49. The van der Waals surface area contributed by atoms with Gasteiger partial charge in [0.25, 0.3) is 0 Å². The highest BCUT2D eigenvalue weighted by atomic mass is 35.5. The Bertz CT molecular complexity index is 4300. The molecule has 7 aliphatic rings. The number of carboxylic acid groups (broad SMARTS) is 1. The number of nitrogens with one attached hydrogen (secondary N) is 9. The Kier molecular flexibility index (Phi) is 28.3. The molecule has 7 amide bonds. The van der Waals surface area contributed by atoms with Crippen molar-refractivity contribution >= 4 is 70.5 Å². The maximum atomic E-state index is 16.2. The van der Waals surface area contributed by atoms with Crippen LogP contribution in [0.4, 0.5) is 0 Å². The van der Waals surface area contributed by atoms with E-state index in [4.69, 9.17) is 63.1 Å². The van der Waals surface area contributed by atoms with Crippen LogP contribution < -0.4 is 73.5 Å². The number of aliphatic carboxylic acids is 1. The fourth-order valence-corrected chi connectivity index (χ4v) is 14.7. The van der Waals surface area contributed by atoms with Crippen molar-refractivity contribution in [3.05, 3.63) is 117 Å². The van der Waals surface area contributed by atoms with Crippen LogP contribution in [-0.4, -0.2) is 205 Å². The summed E-state index contributed by atoms with van der Waals surface area (Å²) in [6, 6.07) is -0.231. The van der Waals surface area contributed by atoms with E-state index in [-0.39, 0.29) is 52.0 Å². The van der Waals surface area contributed by atoms with Crippen molar-refractivity contribution in [1.82, 2.24) is 47.9 Å². The average Bonchev–Trinajstić information content (AvgIpc) is 0.769. The van der Waals surface area contributed by atoms with Gasteiger partial charge in [-0.25, -0.2) is 4.79 Å². The molecule has 0 spiro atoms. The minimum Gasteiger partial charge on any atom is -0.508 e. The van der Waals surface area contributed by atoms with Gasteiger partial charge >= 0.3 is 5.97 Å². The predicted molar refractivity (Wildman–Crippen MR) is 401 cm³/mol. The van der Waals surface area contributed by atoms with E-state index in [2.05, 4.69) is 54.8 Å². The first-order valence-electron chi connectivity index (χ1n) is 36.9. The van der Waals surface area contributed by atoms with Crippen molar-refractivity contribution in [3.8, 4) is 57.1 Å². The molecule has 608 valence electrons. The van der Waals surface area contributed by atoms with Gasteiger partial charge in [-0.1, -0.05) is 94.3 Å². The van der Waals surface area contributed by atoms with E-state index < -0.39 is 231 Å². The van der Waals surface area contributed by atoms with Crippen LogP contribution in [0.1, 0.15) is 151 Å². The number of benzene rings is 5. The number of carboxylic acids is 1. The van der Waals surface area contributed by atoms with Crippen molar-refractivity contribution in [2.75, 3.05) is 33.2 Å². The molecule has 5 aromatic carbocycles. The van der Waals surface area contributed by atoms with Gasteiger partial charge in [-0.2, -0.15) is 0 Å². The van der Waals surface area contributed by atoms with Crippen LogP contribution in [0.3, 0.4) is 0 Å². The van der Waals surface area contributed by atoms with Crippen LogP contribution in [0.2, 0.25) is 10.0 Å². The fourth-order valence-electron chi connectivity index (χ4n) is 14.3. The van der Waals surface area contributed by atoms with E-state index in [1.54, 1.807) is 13.8 Å². The third-order valence-corrected chi connectivity index (χ3v) is 20.9. The Morgan fingerprint density at radius 3 is 1.94 bits per heavy atom. The lowest BCUT2D eigenvalue weighted by Crippen LogP contribution is -2.66. The summed E-state index contributed by atoms with van der Waals surface area (Å²) in [4.78, 5) is 118. The number of phenols is 3. The summed E-state index contributed by atoms with van der Waals surface area (Å²) in [5.41, 5.74) is 8.17. The number of ether oxygens (including phenoxy) is 6. The highest BCUT2D eigenvalue weighted by Crippen LogP contribution is 2.50. The lowest BCUT2D eigenvalue weighted by Gasteiger charge is -2.48. The van der Waals surface area contributed by atoms with Crippen LogP contribution in [0.15, 0.2) is 78.9 Å². The van der Waals surface area contributed by atoms with E-state index in [0.29, 0.717) is 13.1 Å². The molecular formula is C76H97Cl2N11O23. The van der Waals surface area contributed by atoms with Crippen LogP contribution in [0.5, 0.6) is 46.0 Å². The molecule has 7 heterocycles. The number of carbonyl (C=O) groups excluding carboxylic acids is 7. The number of carbonyl (C=O) groups is 8. The monoisotopic (exact) mass is 1600 g/mol. The number of fused-ring (bicyclic) bond motifs is 15. The molecule has 2 fully saturated rings. The second kappa shape index (κ2) is 37.2. The van der Waals surface area contributed by atoms with Crippen molar-refractivity contribution in [2.24, 2.45) is 17.4 Å². The van der Waals surface area contributed by atoms with Gasteiger partial charge in [-0.3, -0.25) is 33.6 Å². The van der Waals surface area contributed by atoms with Crippen LogP contribution in [0.25, 0.3) is 11.1 Å². The molecule has 11 bridgehead atoms. The first kappa shape index (κ1) is 85.2. The van der Waals surface area contributed by atoms with E-state index in [1.807, 2.05) is 13.8 Å².